The monoisotopic (exact) mass is 880 g/mol. The van der Waals surface area contributed by atoms with E-state index in [9.17, 15) is 38.4 Å². The van der Waals surface area contributed by atoms with Crippen LogP contribution < -0.4 is 9.47 Å². The highest BCUT2D eigenvalue weighted by Gasteiger charge is 2.34. The fourth-order valence-electron chi connectivity index (χ4n) is 5.50. The summed E-state index contributed by atoms with van der Waals surface area (Å²) in [6.45, 7) is 9.31. The second-order valence-electron chi connectivity index (χ2n) is 13.4. The second kappa shape index (κ2) is 22.2. The zero-order chi connectivity index (χ0) is 44.8. The van der Waals surface area contributed by atoms with Crippen LogP contribution in [0.15, 0.2) is 129 Å². The lowest BCUT2D eigenvalue weighted by atomic mass is 9.84. The molecule has 0 amide bonds. The average molecular weight is 881 g/mol. The summed E-state index contributed by atoms with van der Waals surface area (Å²) in [5.74, 6) is -3.97. The van der Waals surface area contributed by atoms with E-state index < -0.39 is 35.8 Å². The normalized spacial score (nSPS) is 11.3. The van der Waals surface area contributed by atoms with E-state index >= 15 is 0 Å². The number of benzene rings is 4. The topological polar surface area (TPSA) is 192 Å². The number of ketones is 2. The molecule has 0 radical (unpaired) electrons. The van der Waals surface area contributed by atoms with Crippen molar-refractivity contribution in [2.24, 2.45) is 0 Å². The van der Waals surface area contributed by atoms with Gasteiger partial charge in [-0.05, 0) is 74.5 Å². The molecule has 0 fully saturated rings. The molecular formula is C46H40O14S2. The summed E-state index contributed by atoms with van der Waals surface area (Å²) in [4.78, 5) is 102. The molecule has 0 atom stereocenters. The Kier molecular flexibility index (Phi) is 16.6. The molecule has 0 bridgehead atoms. The van der Waals surface area contributed by atoms with E-state index in [1.165, 1.54) is 37.4 Å². The zero-order valence-corrected chi connectivity index (χ0v) is 35.3. The van der Waals surface area contributed by atoms with E-state index in [-0.39, 0.29) is 109 Å². The maximum absolute atomic E-state index is 14.3. The van der Waals surface area contributed by atoms with Crippen molar-refractivity contribution in [3.8, 4) is 11.5 Å². The lowest BCUT2D eigenvalue weighted by molar-refractivity contribution is -0.151. The first-order valence-corrected chi connectivity index (χ1v) is 20.6. The van der Waals surface area contributed by atoms with Crippen molar-refractivity contribution in [2.75, 3.05) is 26.4 Å². The quantitative estimate of drug-likeness (QED) is 0.0246. The standard InChI is InChI=1S/C46H40O14S2/c1-27(2)45(53)57-25-23-55-37(47)19-21-39(49)59-29-11-15-31(16-12-29)61-35-9-5-7-33-41(35)44(52)42-34(43(33)51)8-6-10-36(42)62-32-17-13-30(14-18-32)60-40(50)22-20-38(48)56-24-26-58-46(54)28(3)4/h5-18H,1,3,19-26H2,2,4H3. The minimum atomic E-state index is -0.657. The maximum atomic E-state index is 14.3. The van der Waals surface area contributed by atoms with Crippen molar-refractivity contribution in [3.63, 3.8) is 0 Å². The van der Waals surface area contributed by atoms with Crippen LogP contribution in [0.3, 0.4) is 0 Å². The summed E-state index contributed by atoms with van der Waals surface area (Å²) in [5.41, 5.74) is 1.51. The number of rotatable bonds is 20. The third-order valence-corrected chi connectivity index (χ3v) is 10.6. The molecule has 0 unspecified atom stereocenters. The minimum absolute atomic E-state index is 0.136. The van der Waals surface area contributed by atoms with Crippen LogP contribution >= 0.6 is 23.5 Å². The molecule has 0 aliphatic heterocycles. The molecule has 16 heteroatoms. The molecule has 0 N–H and O–H groups in total. The molecule has 4 aromatic carbocycles. The van der Waals surface area contributed by atoms with Gasteiger partial charge in [-0.2, -0.15) is 0 Å². The highest BCUT2D eigenvalue weighted by atomic mass is 32.2. The van der Waals surface area contributed by atoms with Gasteiger partial charge in [0.15, 0.2) is 11.6 Å². The Morgan fingerprint density at radius 2 is 0.823 bits per heavy atom. The molecule has 4 aromatic rings. The number of hydrogen-bond donors (Lipinski definition) is 0. The van der Waals surface area contributed by atoms with E-state index in [0.29, 0.717) is 19.6 Å². The summed E-state index contributed by atoms with van der Waals surface area (Å²) in [6, 6.07) is 23.2. The second-order valence-corrected chi connectivity index (χ2v) is 15.6. The van der Waals surface area contributed by atoms with Crippen LogP contribution in [-0.2, 0) is 47.7 Å². The van der Waals surface area contributed by atoms with Crippen molar-refractivity contribution < 1.29 is 66.8 Å². The van der Waals surface area contributed by atoms with Crippen molar-refractivity contribution >= 4 is 70.9 Å². The molecule has 62 heavy (non-hydrogen) atoms. The van der Waals surface area contributed by atoms with Gasteiger partial charge in [-0.25, -0.2) is 9.59 Å². The van der Waals surface area contributed by atoms with E-state index in [1.807, 2.05) is 0 Å². The molecule has 0 aromatic heterocycles. The van der Waals surface area contributed by atoms with E-state index in [0.717, 1.165) is 0 Å². The summed E-state index contributed by atoms with van der Waals surface area (Å²) < 4.78 is 30.3. The van der Waals surface area contributed by atoms with Gasteiger partial charge in [0.1, 0.15) is 37.9 Å². The van der Waals surface area contributed by atoms with Crippen molar-refractivity contribution in [2.45, 2.75) is 59.1 Å². The molecule has 14 nitrogen and oxygen atoms in total. The smallest absolute Gasteiger partial charge is 0.333 e. The Labute approximate surface area is 364 Å². The molecule has 0 spiro atoms. The predicted molar refractivity (Wildman–Crippen MR) is 224 cm³/mol. The van der Waals surface area contributed by atoms with Crippen LogP contribution in [0, 0.1) is 0 Å². The minimum Gasteiger partial charge on any atom is -0.462 e. The summed E-state index contributed by atoms with van der Waals surface area (Å²) in [5, 5.41) is 0. The van der Waals surface area contributed by atoms with Crippen LogP contribution in [-0.4, -0.2) is 73.8 Å². The maximum Gasteiger partial charge on any atom is 0.333 e. The van der Waals surface area contributed by atoms with Crippen molar-refractivity contribution in [1.29, 1.82) is 0 Å². The van der Waals surface area contributed by atoms with Crippen LogP contribution in [0.5, 0.6) is 11.5 Å². The van der Waals surface area contributed by atoms with E-state index in [4.69, 9.17) is 28.4 Å². The molecular weight excluding hydrogens is 841 g/mol. The summed E-state index contributed by atoms with van der Waals surface area (Å²) in [6.07, 6.45) is -0.940. The third kappa shape index (κ3) is 13.1. The van der Waals surface area contributed by atoms with Crippen LogP contribution in [0.2, 0.25) is 0 Å². The Morgan fingerprint density at radius 3 is 1.19 bits per heavy atom. The number of fused-ring (bicyclic) bond motifs is 2. The Bertz CT molecular complexity index is 2250. The predicted octanol–water partition coefficient (Wildman–Crippen LogP) is 7.46. The van der Waals surface area contributed by atoms with Crippen LogP contribution in [0.1, 0.15) is 71.4 Å². The first kappa shape index (κ1) is 46.3. The molecule has 5 rings (SSSR count). The molecule has 0 heterocycles. The molecule has 1 aliphatic rings. The summed E-state index contributed by atoms with van der Waals surface area (Å²) in [7, 11) is 0. The number of hydrogen-bond acceptors (Lipinski definition) is 16. The largest absolute Gasteiger partial charge is 0.462 e. The van der Waals surface area contributed by atoms with Gasteiger partial charge in [0.05, 0.1) is 25.7 Å². The highest BCUT2D eigenvalue weighted by molar-refractivity contribution is 7.99. The van der Waals surface area contributed by atoms with Gasteiger partial charge in [-0.1, -0.05) is 60.9 Å². The van der Waals surface area contributed by atoms with Crippen molar-refractivity contribution in [3.05, 3.63) is 131 Å². The molecule has 1 aliphatic carbocycles. The van der Waals surface area contributed by atoms with Crippen LogP contribution in [0.25, 0.3) is 0 Å². The van der Waals surface area contributed by atoms with Crippen LogP contribution in [0.4, 0.5) is 0 Å². The van der Waals surface area contributed by atoms with Crippen molar-refractivity contribution in [1.82, 2.24) is 0 Å². The molecule has 320 valence electrons. The van der Waals surface area contributed by atoms with Gasteiger partial charge >= 0.3 is 35.8 Å². The number of carbonyl (C=O) groups is 8. The third-order valence-electron chi connectivity index (χ3n) is 8.48. The number of ether oxygens (including phenoxy) is 6. The van der Waals surface area contributed by atoms with Gasteiger partial charge in [-0.15, -0.1) is 0 Å². The fourth-order valence-corrected chi connectivity index (χ4v) is 7.45. The van der Waals surface area contributed by atoms with E-state index in [1.54, 1.807) is 84.9 Å². The zero-order valence-electron chi connectivity index (χ0n) is 33.7. The first-order valence-electron chi connectivity index (χ1n) is 19.0. The SMILES string of the molecule is C=C(C)C(=O)OCCOC(=O)CCC(=O)Oc1ccc(Sc2cccc3c2C(=O)c2c(Sc4ccc(OC(=O)CCC(=O)OCCOC(=O)C(=C)C)cc4)cccc2C3=O)cc1. The number of esters is 6. The van der Waals surface area contributed by atoms with Gasteiger partial charge in [0.25, 0.3) is 0 Å². The lowest BCUT2D eigenvalue weighted by Gasteiger charge is -2.22. The summed E-state index contributed by atoms with van der Waals surface area (Å²) >= 11 is 2.52. The van der Waals surface area contributed by atoms with Gasteiger partial charge in [-0.3, -0.25) is 28.8 Å². The lowest BCUT2D eigenvalue weighted by Crippen LogP contribution is -2.22. The fraction of sp³-hybridized carbons (Fsp3) is 0.217. The van der Waals surface area contributed by atoms with Gasteiger partial charge < -0.3 is 28.4 Å². The molecule has 0 saturated carbocycles. The highest BCUT2D eigenvalue weighted by Crippen LogP contribution is 2.41. The Hall–Kier alpha value is -6.78. The van der Waals surface area contributed by atoms with E-state index in [2.05, 4.69) is 13.2 Å². The Balaban J connectivity index is 1.15. The number of carbonyl (C=O) groups excluding carboxylic acids is 8. The van der Waals surface area contributed by atoms with Gasteiger partial charge in [0, 0.05) is 53.0 Å². The molecule has 0 saturated heterocycles. The first-order chi connectivity index (χ1) is 29.7. The Morgan fingerprint density at radius 1 is 0.468 bits per heavy atom. The van der Waals surface area contributed by atoms with Gasteiger partial charge in [0.2, 0.25) is 0 Å². The average Bonchev–Trinajstić information content (AvgIpc) is 3.25.